The lowest BCUT2D eigenvalue weighted by molar-refractivity contribution is -0.131. The van der Waals surface area contributed by atoms with E-state index in [1.54, 1.807) is 0 Å². The molecule has 0 saturated carbocycles. The monoisotopic (exact) mass is 326 g/mol. The summed E-state index contributed by atoms with van der Waals surface area (Å²) in [5, 5.41) is 9.52. The third-order valence-electron chi connectivity index (χ3n) is 3.59. The molecule has 0 aliphatic carbocycles. The maximum atomic E-state index is 10.7. The first-order valence-corrected chi connectivity index (χ1v) is 7.54. The number of nitrogens with zero attached hydrogens (tertiary/aromatic N) is 2. The van der Waals surface area contributed by atoms with Gasteiger partial charge in [-0.2, -0.15) is 0 Å². The Balaban J connectivity index is 2.05. The lowest BCUT2D eigenvalue weighted by atomic mass is 10.1. The van der Waals surface area contributed by atoms with Gasteiger partial charge in [0.2, 0.25) is 0 Å². The molecular formula is C18H15ClN2O2. The minimum atomic E-state index is -0.999. The van der Waals surface area contributed by atoms with Crippen molar-refractivity contribution in [2.24, 2.45) is 0 Å². The Morgan fingerprint density at radius 2 is 2.17 bits per heavy atom. The number of fused-ring (bicyclic) bond motifs is 1. The molecule has 0 unspecified atom stereocenters. The summed E-state index contributed by atoms with van der Waals surface area (Å²) in [6.07, 6.45) is 5.04. The predicted molar refractivity (Wildman–Crippen MR) is 90.9 cm³/mol. The maximum absolute atomic E-state index is 10.7. The highest BCUT2D eigenvalue weighted by atomic mass is 35.5. The van der Waals surface area contributed by atoms with Crippen LogP contribution in [0, 0.1) is 6.92 Å². The molecule has 0 amide bonds. The standard InChI is InChI=1S/C18H15ClN2O2/c1-12-5-6-13(14(19)10-12)11-15-16-4-2-3-9-21(16)17(20-15)7-8-18(22)23/h2-10H,11H2,1H3,(H,22,23)/b8-7-. The number of benzene rings is 1. The van der Waals surface area contributed by atoms with Crippen molar-refractivity contribution < 1.29 is 9.90 Å². The van der Waals surface area contributed by atoms with Gasteiger partial charge in [-0.05, 0) is 42.3 Å². The molecule has 0 saturated heterocycles. The first-order valence-electron chi connectivity index (χ1n) is 7.16. The molecule has 5 heteroatoms. The van der Waals surface area contributed by atoms with Gasteiger partial charge in [0.25, 0.3) is 0 Å². The van der Waals surface area contributed by atoms with Crippen LogP contribution in [0.2, 0.25) is 5.02 Å². The van der Waals surface area contributed by atoms with Crippen LogP contribution in [0.1, 0.15) is 22.6 Å². The molecule has 0 radical (unpaired) electrons. The van der Waals surface area contributed by atoms with Crippen LogP contribution in [0.3, 0.4) is 0 Å². The SMILES string of the molecule is Cc1ccc(Cc2nc(/C=C\C(=O)O)n3ccccc23)c(Cl)c1. The molecule has 0 bridgehead atoms. The molecule has 3 aromatic rings. The number of carbonyl (C=O) groups is 1. The Morgan fingerprint density at radius 1 is 1.35 bits per heavy atom. The van der Waals surface area contributed by atoms with E-state index < -0.39 is 5.97 Å². The highest BCUT2D eigenvalue weighted by Crippen LogP contribution is 2.23. The summed E-state index contributed by atoms with van der Waals surface area (Å²) in [7, 11) is 0. The second kappa shape index (κ2) is 6.26. The van der Waals surface area contributed by atoms with Crippen LogP contribution in [0.15, 0.2) is 48.7 Å². The molecule has 116 valence electrons. The van der Waals surface area contributed by atoms with E-state index in [9.17, 15) is 4.79 Å². The number of hydrogen-bond donors (Lipinski definition) is 1. The van der Waals surface area contributed by atoms with E-state index in [1.807, 2.05) is 53.9 Å². The third-order valence-corrected chi connectivity index (χ3v) is 3.95. The number of hydrogen-bond acceptors (Lipinski definition) is 2. The first-order chi connectivity index (χ1) is 11.0. The highest BCUT2D eigenvalue weighted by Gasteiger charge is 2.11. The molecule has 0 aliphatic rings. The van der Waals surface area contributed by atoms with Gasteiger partial charge in [-0.25, -0.2) is 9.78 Å². The molecule has 23 heavy (non-hydrogen) atoms. The average Bonchev–Trinajstić information content (AvgIpc) is 2.86. The minimum Gasteiger partial charge on any atom is -0.478 e. The average molecular weight is 327 g/mol. The number of pyridine rings is 1. The Morgan fingerprint density at radius 3 is 2.91 bits per heavy atom. The lowest BCUT2D eigenvalue weighted by Crippen LogP contribution is -1.91. The van der Waals surface area contributed by atoms with Gasteiger partial charge in [0.05, 0.1) is 11.2 Å². The zero-order valence-corrected chi connectivity index (χ0v) is 13.3. The molecule has 0 fully saturated rings. The number of aryl methyl sites for hydroxylation is 1. The van der Waals surface area contributed by atoms with E-state index in [-0.39, 0.29) is 0 Å². The summed E-state index contributed by atoms with van der Waals surface area (Å²) in [6, 6.07) is 11.7. The van der Waals surface area contributed by atoms with Gasteiger partial charge in [-0.15, -0.1) is 0 Å². The van der Waals surface area contributed by atoms with Crippen molar-refractivity contribution in [1.29, 1.82) is 0 Å². The normalized spacial score (nSPS) is 11.4. The van der Waals surface area contributed by atoms with Crippen LogP contribution in [0.5, 0.6) is 0 Å². The molecule has 1 N–H and O–H groups in total. The second-order valence-corrected chi connectivity index (χ2v) is 5.72. The van der Waals surface area contributed by atoms with Crippen molar-refractivity contribution in [3.8, 4) is 0 Å². The molecule has 0 spiro atoms. The summed E-state index contributed by atoms with van der Waals surface area (Å²) in [5.74, 6) is -0.415. The van der Waals surface area contributed by atoms with Crippen LogP contribution in [-0.2, 0) is 11.2 Å². The van der Waals surface area contributed by atoms with Crippen molar-refractivity contribution in [2.45, 2.75) is 13.3 Å². The molecular weight excluding hydrogens is 312 g/mol. The quantitative estimate of drug-likeness (QED) is 0.738. The maximum Gasteiger partial charge on any atom is 0.328 e. The van der Waals surface area contributed by atoms with Crippen LogP contribution in [0.25, 0.3) is 11.6 Å². The summed E-state index contributed by atoms with van der Waals surface area (Å²) >= 11 is 6.31. The van der Waals surface area contributed by atoms with Gasteiger partial charge < -0.3 is 5.11 Å². The smallest absolute Gasteiger partial charge is 0.328 e. The number of imidazole rings is 1. The van der Waals surface area contributed by atoms with E-state index in [4.69, 9.17) is 16.7 Å². The van der Waals surface area contributed by atoms with E-state index in [1.165, 1.54) is 6.08 Å². The van der Waals surface area contributed by atoms with Gasteiger partial charge >= 0.3 is 5.97 Å². The zero-order valence-electron chi connectivity index (χ0n) is 12.5. The molecule has 0 aliphatic heterocycles. The summed E-state index contributed by atoms with van der Waals surface area (Å²) in [4.78, 5) is 15.3. The van der Waals surface area contributed by atoms with Gasteiger partial charge in [0.15, 0.2) is 0 Å². The van der Waals surface area contributed by atoms with Crippen LogP contribution in [-0.4, -0.2) is 20.5 Å². The minimum absolute atomic E-state index is 0.584. The molecule has 4 nitrogen and oxygen atoms in total. The molecule has 2 heterocycles. The summed E-state index contributed by atoms with van der Waals surface area (Å²) in [5.41, 5.74) is 3.91. The topological polar surface area (TPSA) is 54.6 Å². The van der Waals surface area contributed by atoms with Crippen LogP contribution < -0.4 is 0 Å². The Kier molecular flexibility index (Phi) is 4.17. The van der Waals surface area contributed by atoms with Crippen molar-refractivity contribution in [1.82, 2.24) is 9.38 Å². The fourth-order valence-corrected chi connectivity index (χ4v) is 2.80. The van der Waals surface area contributed by atoms with Gasteiger partial charge in [-0.1, -0.05) is 29.8 Å². The summed E-state index contributed by atoms with van der Waals surface area (Å²) < 4.78 is 1.87. The predicted octanol–water partition coefficient (Wildman–Crippen LogP) is 3.98. The fraction of sp³-hybridized carbons (Fsp3) is 0.111. The Bertz CT molecular complexity index is 913. The molecule has 0 atom stereocenters. The van der Waals surface area contributed by atoms with E-state index in [0.29, 0.717) is 17.3 Å². The summed E-state index contributed by atoms with van der Waals surface area (Å²) in [6.45, 7) is 2.00. The van der Waals surface area contributed by atoms with E-state index >= 15 is 0 Å². The first kappa shape index (κ1) is 15.3. The number of carboxylic acid groups (broad SMARTS) is 1. The molecule has 2 aromatic heterocycles. The van der Waals surface area contributed by atoms with E-state index in [0.717, 1.165) is 28.4 Å². The van der Waals surface area contributed by atoms with E-state index in [2.05, 4.69) is 4.98 Å². The number of carboxylic acids is 1. The Hall–Kier alpha value is -2.59. The third kappa shape index (κ3) is 3.27. The highest BCUT2D eigenvalue weighted by molar-refractivity contribution is 6.31. The lowest BCUT2D eigenvalue weighted by Gasteiger charge is -2.04. The molecule has 3 rings (SSSR count). The molecule has 1 aromatic carbocycles. The Labute approximate surface area is 138 Å². The largest absolute Gasteiger partial charge is 0.478 e. The zero-order chi connectivity index (χ0) is 16.4. The van der Waals surface area contributed by atoms with Gasteiger partial charge in [0, 0.05) is 23.7 Å². The van der Waals surface area contributed by atoms with Crippen LogP contribution in [0.4, 0.5) is 0 Å². The second-order valence-electron chi connectivity index (χ2n) is 5.32. The van der Waals surface area contributed by atoms with Crippen LogP contribution >= 0.6 is 11.6 Å². The van der Waals surface area contributed by atoms with Crippen molar-refractivity contribution in [3.05, 3.63) is 76.3 Å². The fourth-order valence-electron chi connectivity index (χ4n) is 2.50. The number of halogens is 1. The number of aromatic nitrogens is 2. The van der Waals surface area contributed by atoms with Gasteiger partial charge in [0.1, 0.15) is 5.82 Å². The van der Waals surface area contributed by atoms with Crippen molar-refractivity contribution >= 4 is 29.2 Å². The number of rotatable bonds is 4. The van der Waals surface area contributed by atoms with Crippen molar-refractivity contribution in [3.63, 3.8) is 0 Å². The van der Waals surface area contributed by atoms with Gasteiger partial charge in [-0.3, -0.25) is 4.40 Å². The van der Waals surface area contributed by atoms with Crippen molar-refractivity contribution in [2.75, 3.05) is 0 Å². The number of aliphatic carboxylic acids is 1.